The van der Waals surface area contributed by atoms with Gasteiger partial charge in [-0.25, -0.2) is 0 Å². The standard InChI is InChI=1S/C36H69NO5/c1-3-5-7-8-9-10-11-12-13-16-19-23-26-32(39)36(41)31(30-38)37-35(40)29-25-21-18-15-14-17-20-24-28-34-33(42-34)27-22-6-4-2/h20,24,31-34,36,38-39,41H,3-19,21-23,25-30H2,1-2H3,(H,37,40)/b24-20-/t31-,32?,33?,34?,36?/m0/s1. The molecule has 1 aliphatic heterocycles. The Morgan fingerprint density at radius 2 is 1.26 bits per heavy atom. The number of hydrogen-bond acceptors (Lipinski definition) is 5. The minimum absolute atomic E-state index is 0.163. The molecule has 1 saturated heterocycles. The molecule has 6 nitrogen and oxygen atoms in total. The molecule has 0 aromatic heterocycles. The van der Waals surface area contributed by atoms with Crippen molar-refractivity contribution in [3.05, 3.63) is 12.2 Å². The summed E-state index contributed by atoms with van der Waals surface area (Å²) in [5.74, 6) is -0.163. The van der Waals surface area contributed by atoms with Gasteiger partial charge in [0.1, 0.15) is 6.10 Å². The monoisotopic (exact) mass is 596 g/mol. The molecule has 1 rings (SSSR count). The molecule has 248 valence electrons. The molecular formula is C36H69NO5. The van der Waals surface area contributed by atoms with Gasteiger partial charge in [0.2, 0.25) is 5.91 Å². The van der Waals surface area contributed by atoms with Crippen LogP contribution in [-0.2, 0) is 9.53 Å². The van der Waals surface area contributed by atoms with Crippen LogP contribution in [0.15, 0.2) is 12.2 Å². The number of amides is 1. The predicted molar refractivity (Wildman–Crippen MR) is 176 cm³/mol. The van der Waals surface area contributed by atoms with Gasteiger partial charge >= 0.3 is 0 Å². The number of carbonyl (C=O) groups excluding carboxylic acids is 1. The molecule has 0 aliphatic carbocycles. The molecule has 4 N–H and O–H groups in total. The Labute approximate surface area is 259 Å². The van der Waals surface area contributed by atoms with Crippen molar-refractivity contribution in [1.82, 2.24) is 5.32 Å². The van der Waals surface area contributed by atoms with Gasteiger partial charge < -0.3 is 25.4 Å². The second-order valence-electron chi connectivity index (χ2n) is 12.8. The van der Waals surface area contributed by atoms with Gasteiger partial charge in [0.25, 0.3) is 0 Å². The molecule has 5 atom stereocenters. The van der Waals surface area contributed by atoms with E-state index in [9.17, 15) is 20.1 Å². The summed E-state index contributed by atoms with van der Waals surface area (Å²) in [5, 5.41) is 33.3. The van der Waals surface area contributed by atoms with Crippen molar-refractivity contribution in [2.24, 2.45) is 0 Å². The second kappa shape index (κ2) is 27.6. The van der Waals surface area contributed by atoms with E-state index in [1.807, 2.05) is 0 Å². The highest BCUT2D eigenvalue weighted by atomic mass is 16.6. The lowest BCUT2D eigenvalue weighted by Crippen LogP contribution is -2.50. The third kappa shape index (κ3) is 21.7. The van der Waals surface area contributed by atoms with Gasteiger partial charge in [0.05, 0.1) is 31.0 Å². The van der Waals surface area contributed by atoms with Crippen LogP contribution in [0.3, 0.4) is 0 Å². The molecule has 0 aromatic carbocycles. The number of unbranched alkanes of at least 4 members (excludes halogenated alkanes) is 18. The van der Waals surface area contributed by atoms with E-state index in [0.29, 0.717) is 25.0 Å². The molecule has 0 aromatic rings. The lowest BCUT2D eigenvalue weighted by molar-refractivity contribution is -0.124. The lowest BCUT2D eigenvalue weighted by atomic mass is 9.99. The van der Waals surface area contributed by atoms with E-state index in [1.165, 1.54) is 89.9 Å². The summed E-state index contributed by atoms with van der Waals surface area (Å²) in [6, 6.07) is -0.815. The van der Waals surface area contributed by atoms with Crippen molar-refractivity contribution in [1.29, 1.82) is 0 Å². The summed E-state index contributed by atoms with van der Waals surface area (Å²) in [4.78, 5) is 12.3. The van der Waals surface area contributed by atoms with Crippen LogP contribution in [0.2, 0.25) is 0 Å². The average molecular weight is 596 g/mol. The van der Waals surface area contributed by atoms with Crippen LogP contribution >= 0.6 is 0 Å². The Hall–Kier alpha value is -0.950. The normalized spacial score (nSPS) is 18.8. The lowest BCUT2D eigenvalue weighted by Gasteiger charge is -2.26. The van der Waals surface area contributed by atoms with E-state index < -0.39 is 18.2 Å². The minimum Gasteiger partial charge on any atom is -0.394 e. The van der Waals surface area contributed by atoms with Crippen molar-refractivity contribution in [2.75, 3.05) is 6.61 Å². The first-order valence-electron chi connectivity index (χ1n) is 18.1. The third-order valence-electron chi connectivity index (χ3n) is 8.79. The fourth-order valence-corrected chi connectivity index (χ4v) is 5.81. The number of epoxide rings is 1. The fourth-order valence-electron chi connectivity index (χ4n) is 5.81. The Kier molecular flexibility index (Phi) is 25.7. The Morgan fingerprint density at radius 1 is 0.714 bits per heavy atom. The maximum Gasteiger partial charge on any atom is 0.220 e. The zero-order chi connectivity index (χ0) is 30.7. The number of hydrogen-bond donors (Lipinski definition) is 4. The predicted octanol–water partition coefficient (Wildman–Crippen LogP) is 8.30. The Balaban J connectivity index is 1.97. The summed E-state index contributed by atoms with van der Waals surface area (Å²) in [6.45, 7) is 4.12. The van der Waals surface area contributed by atoms with E-state index >= 15 is 0 Å². The SMILES string of the molecule is CCCCCCCCCCCCCCC(O)C(O)[C@H](CO)NC(=O)CCCCCCC/C=C\CC1OC1CCCCC. The van der Waals surface area contributed by atoms with Gasteiger partial charge in [-0.3, -0.25) is 4.79 Å². The second-order valence-corrected chi connectivity index (χ2v) is 12.8. The number of allylic oxidation sites excluding steroid dienone is 1. The molecule has 0 spiro atoms. The topological polar surface area (TPSA) is 102 Å². The molecule has 0 bridgehead atoms. The van der Waals surface area contributed by atoms with Crippen molar-refractivity contribution in [2.45, 2.75) is 205 Å². The van der Waals surface area contributed by atoms with Crippen LogP contribution in [0, 0.1) is 0 Å². The quantitative estimate of drug-likeness (QED) is 0.0367. The highest BCUT2D eigenvalue weighted by Gasteiger charge is 2.36. The molecule has 6 heteroatoms. The van der Waals surface area contributed by atoms with Crippen LogP contribution in [0.5, 0.6) is 0 Å². The number of rotatable bonds is 31. The van der Waals surface area contributed by atoms with E-state index in [4.69, 9.17) is 4.74 Å². The number of aliphatic hydroxyl groups excluding tert-OH is 3. The van der Waals surface area contributed by atoms with E-state index in [0.717, 1.165) is 57.8 Å². The smallest absolute Gasteiger partial charge is 0.220 e. The van der Waals surface area contributed by atoms with Gasteiger partial charge in [-0.1, -0.05) is 142 Å². The molecule has 42 heavy (non-hydrogen) atoms. The van der Waals surface area contributed by atoms with E-state index in [1.54, 1.807) is 0 Å². The first-order chi connectivity index (χ1) is 20.5. The molecule has 0 saturated carbocycles. The maximum absolute atomic E-state index is 12.3. The molecule has 0 radical (unpaired) electrons. The largest absolute Gasteiger partial charge is 0.394 e. The van der Waals surface area contributed by atoms with Crippen molar-refractivity contribution >= 4 is 5.91 Å². The molecule has 1 fully saturated rings. The minimum atomic E-state index is -1.14. The zero-order valence-electron chi connectivity index (χ0n) is 27.6. The number of carbonyl (C=O) groups is 1. The van der Waals surface area contributed by atoms with Crippen LogP contribution in [0.4, 0.5) is 0 Å². The molecule has 4 unspecified atom stereocenters. The van der Waals surface area contributed by atoms with Crippen molar-refractivity contribution in [3.8, 4) is 0 Å². The molecular weight excluding hydrogens is 526 g/mol. The average Bonchev–Trinajstić information content (AvgIpc) is 3.74. The maximum atomic E-state index is 12.3. The van der Waals surface area contributed by atoms with Crippen LogP contribution in [-0.4, -0.2) is 58.3 Å². The zero-order valence-corrected chi connectivity index (χ0v) is 27.6. The molecule has 1 heterocycles. The summed E-state index contributed by atoms with van der Waals surface area (Å²) in [7, 11) is 0. The van der Waals surface area contributed by atoms with Crippen molar-refractivity contribution in [3.63, 3.8) is 0 Å². The van der Waals surface area contributed by atoms with Crippen LogP contribution in [0.1, 0.15) is 174 Å². The first kappa shape index (κ1) is 39.1. The summed E-state index contributed by atoms with van der Waals surface area (Å²) in [6.07, 6.45) is 31.8. The van der Waals surface area contributed by atoms with Crippen LogP contribution in [0.25, 0.3) is 0 Å². The molecule has 1 amide bonds. The highest BCUT2D eigenvalue weighted by molar-refractivity contribution is 5.76. The van der Waals surface area contributed by atoms with E-state index in [-0.39, 0.29) is 12.5 Å². The van der Waals surface area contributed by atoms with Crippen LogP contribution < -0.4 is 5.32 Å². The number of ether oxygens (including phenoxy) is 1. The van der Waals surface area contributed by atoms with E-state index in [2.05, 4.69) is 31.3 Å². The van der Waals surface area contributed by atoms with Gasteiger partial charge in [0, 0.05) is 6.42 Å². The van der Waals surface area contributed by atoms with Gasteiger partial charge in [-0.2, -0.15) is 0 Å². The Bertz CT molecular complexity index is 642. The summed E-state index contributed by atoms with van der Waals surface area (Å²) in [5.41, 5.74) is 0. The molecule has 1 aliphatic rings. The number of aliphatic hydroxyl groups is 3. The number of nitrogens with one attached hydrogen (secondary N) is 1. The summed E-state index contributed by atoms with van der Waals surface area (Å²) >= 11 is 0. The van der Waals surface area contributed by atoms with Gasteiger partial charge in [-0.15, -0.1) is 0 Å². The van der Waals surface area contributed by atoms with Crippen molar-refractivity contribution < 1.29 is 24.9 Å². The Morgan fingerprint density at radius 3 is 1.88 bits per heavy atom. The third-order valence-corrected chi connectivity index (χ3v) is 8.79. The first-order valence-corrected chi connectivity index (χ1v) is 18.1. The highest BCUT2D eigenvalue weighted by Crippen LogP contribution is 2.30. The fraction of sp³-hybridized carbons (Fsp3) is 0.917. The summed E-state index contributed by atoms with van der Waals surface area (Å²) < 4.78 is 5.73. The van der Waals surface area contributed by atoms with Gasteiger partial charge in [0.15, 0.2) is 0 Å². The van der Waals surface area contributed by atoms with Gasteiger partial charge in [-0.05, 0) is 38.5 Å².